The first-order chi connectivity index (χ1) is 15.7. The molecule has 162 valence electrons. The normalized spacial score (nSPS) is 14.5. The van der Waals surface area contributed by atoms with Crippen LogP contribution in [0.4, 0.5) is 5.69 Å². The van der Waals surface area contributed by atoms with E-state index < -0.39 is 0 Å². The summed E-state index contributed by atoms with van der Waals surface area (Å²) in [4.78, 5) is 19.8. The predicted molar refractivity (Wildman–Crippen MR) is 124 cm³/mol. The van der Waals surface area contributed by atoms with Gasteiger partial charge in [0.1, 0.15) is 5.56 Å². The fourth-order valence-electron chi connectivity index (χ4n) is 3.96. The zero-order valence-corrected chi connectivity index (χ0v) is 18.0. The van der Waals surface area contributed by atoms with Gasteiger partial charge in [0.25, 0.3) is 5.91 Å². The van der Waals surface area contributed by atoms with Gasteiger partial charge < -0.3 is 10.1 Å². The molecule has 5 rings (SSSR count). The summed E-state index contributed by atoms with van der Waals surface area (Å²) < 4.78 is 7.14. The Morgan fingerprint density at radius 3 is 2.72 bits per heavy atom. The minimum absolute atomic E-state index is 0.225. The topological polar surface area (TPSA) is 71.8 Å². The molecule has 1 amide bonds. The zero-order valence-electron chi connectivity index (χ0n) is 18.0. The van der Waals surface area contributed by atoms with Gasteiger partial charge in [-0.15, -0.1) is 0 Å². The lowest BCUT2D eigenvalue weighted by molar-refractivity contribution is 0.0342. The summed E-state index contributed by atoms with van der Waals surface area (Å²) >= 11 is 0. The number of morpholine rings is 1. The van der Waals surface area contributed by atoms with Crippen LogP contribution in [0.15, 0.2) is 67.0 Å². The second-order valence-corrected chi connectivity index (χ2v) is 8.03. The van der Waals surface area contributed by atoms with Gasteiger partial charge in [0, 0.05) is 37.1 Å². The van der Waals surface area contributed by atoms with Crippen molar-refractivity contribution in [2.45, 2.75) is 13.5 Å². The summed E-state index contributed by atoms with van der Waals surface area (Å²) in [5.74, 6) is -0.225. The van der Waals surface area contributed by atoms with E-state index in [1.165, 1.54) is 5.56 Å². The third-order valence-electron chi connectivity index (χ3n) is 5.69. The van der Waals surface area contributed by atoms with Crippen LogP contribution < -0.4 is 5.32 Å². The van der Waals surface area contributed by atoms with E-state index in [-0.39, 0.29) is 5.91 Å². The van der Waals surface area contributed by atoms with Crippen molar-refractivity contribution in [3.8, 4) is 11.3 Å². The number of carbonyl (C=O) groups excluding carboxylic acids is 1. The second kappa shape index (κ2) is 8.90. The van der Waals surface area contributed by atoms with Crippen molar-refractivity contribution < 1.29 is 9.53 Å². The van der Waals surface area contributed by atoms with E-state index in [4.69, 9.17) is 4.74 Å². The molecule has 7 heteroatoms. The van der Waals surface area contributed by atoms with Crippen LogP contribution in [0, 0.1) is 6.92 Å². The summed E-state index contributed by atoms with van der Waals surface area (Å²) in [6, 6.07) is 18.1. The fraction of sp³-hybridized carbons (Fsp3) is 0.240. The summed E-state index contributed by atoms with van der Waals surface area (Å²) in [5.41, 5.74) is 5.99. The third kappa shape index (κ3) is 4.26. The van der Waals surface area contributed by atoms with Gasteiger partial charge in [-0.25, -0.2) is 9.50 Å². The van der Waals surface area contributed by atoms with Crippen LogP contribution in [0.1, 0.15) is 21.5 Å². The zero-order chi connectivity index (χ0) is 21.9. The molecule has 4 aromatic rings. The number of anilines is 1. The molecule has 0 unspecified atom stereocenters. The Morgan fingerprint density at radius 1 is 1.09 bits per heavy atom. The van der Waals surface area contributed by atoms with Crippen LogP contribution in [0.25, 0.3) is 16.9 Å². The van der Waals surface area contributed by atoms with Gasteiger partial charge in [-0.05, 0) is 30.7 Å². The fourth-order valence-corrected chi connectivity index (χ4v) is 3.96. The average Bonchev–Trinajstić information content (AvgIpc) is 3.25. The number of carbonyl (C=O) groups is 1. The minimum Gasteiger partial charge on any atom is -0.379 e. The number of amides is 1. The second-order valence-electron chi connectivity index (χ2n) is 8.03. The molecule has 3 heterocycles. The van der Waals surface area contributed by atoms with Crippen LogP contribution in [0.5, 0.6) is 0 Å². The Balaban J connectivity index is 1.37. The molecule has 0 bridgehead atoms. The van der Waals surface area contributed by atoms with Gasteiger partial charge in [0.2, 0.25) is 0 Å². The molecule has 1 aliphatic rings. The van der Waals surface area contributed by atoms with Crippen molar-refractivity contribution >= 4 is 17.2 Å². The number of hydrogen-bond donors (Lipinski definition) is 1. The van der Waals surface area contributed by atoms with E-state index in [2.05, 4.69) is 45.4 Å². The molecular weight excluding hydrogens is 402 g/mol. The lowest BCUT2D eigenvalue weighted by atomic mass is 10.1. The summed E-state index contributed by atoms with van der Waals surface area (Å²) in [7, 11) is 0. The number of aryl methyl sites for hydroxylation is 1. The molecule has 2 aromatic carbocycles. The number of aromatic nitrogens is 3. The monoisotopic (exact) mass is 427 g/mol. The Kier molecular flexibility index (Phi) is 5.66. The average molecular weight is 428 g/mol. The van der Waals surface area contributed by atoms with Crippen molar-refractivity contribution in [1.82, 2.24) is 19.5 Å². The number of rotatable bonds is 5. The van der Waals surface area contributed by atoms with Gasteiger partial charge in [0.05, 0.1) is 25.1 Å². The van der Waals surface area contributed by atoms with Gasteiger partial charge in [0.15, 0.2) is 5.65 Å². The van der Waals surface area contributed by atoms with Crippen LogP contribution in [-0.4, -0.2) is 51.7 Å². The Hall–Kier alpha value is -3.55. The number of nitrogens with one attached hydrogen (secondary N) is 1. The summed E-state index contributed by atoms with van der Waals surface area (Å²) in [5, 5.41) is 7.46. The minimum atomic E-state index is -0.225. The first kappa shape index (κ1) is 20.4. The first-order valence-electron chi connectivity index (χ1n) is 10.8. The van der Waals surface area contributed by atoms with Crippen LogP contribution in [-0.2, 0) is 11.3 Å². The van der Waals surface area contributed by atoms with Crippen molar-refractivity contribution in [2.75, 3.05) is 31.6 Å². The number of nitrogens with zero attached hydrogens (tertiary/aromatic N) is 4. The standard InChI is InChI=1S/C25H25N5O2/c1-18-5-7-20(8-6-18)23-9-10-26-24-22(16-27-30(23)24)25(31)28-21-4-2-3-19(15-21)17-29-11-13-32-14-12-29/h2-10,15-16H,11-14,17H2,1H3,(H,28,31). The van der Waals surface area contributed by atoms with Gasteiger partial charge in [-0.3, -0.25) is 9.69 Å². The van der Waals surface area contributed by atoms with Crippen LogP contribution in [0.3, 0.4) is 0 Å². The number of fused-ring (bicyclic) bond motifs is 1. The van der Waals surface area contributed by atoms with Gasteiger partial charge >= 0.3 is 0 Å². The molecule has 0 spiro atoms. The van der Waals surface area contributed by atoms with Crippen LogP contribution in [0.2, 0.25) is 0 Å². The van der Waals surface area contributed by atoms with E-state index in [9.17, 15) is 4.79 Å². The van der Waals surface area contributed by atoms with E-state index in [1.54, 1.807) is 16.9 Å². The molecule has 1 N–H and O–H groups in total. The van der Waals surface area contributed by atoms with E-state index in [0.29, 0.717) is 11.2 Å². The lowest BCUT2D eigenvalue weighted by Gasteiger charge is -2.26. The number of ether oxygens (including phenoxy) is 1. The molecule has 0 atom stereocenters. The predicted octanol–water partition coefficient (Wildman–Crippen LogP) is 3.79. The highest BCUT2D eigenvalue weighted by molar-refractivity contribution is 6.08. The Bertz CT molecular complexity index is 1240. The lowest BCUT2D eigenvalue weighted by Crippen LogP contribution is -2.35. The molecule has 0 aliphatic carbocycles. The molecule has 0 radical (unpaired) electrons. The molecule has 32 heavy (non-hydrogen) atoms. The van der Waals surface area contributed by atoms with Crippen molar-refractivity contribution in [3.05, 3.63) is 83.7 Å². The van der Waals surface area contributed by atoms with Gasteiger partial charge in [-0.1, -0.05) is 42.0 Å². The highest BCUT2D eigenvalue weighted by Gasteiger charge is 2.17. The maximum absolute atomic E-state index is 13.1. The highest BCUT2D eigenvalue weighted by Crippen LogP contribution is 2.22. The van der Waals surface area contributed by atoms with Gasteiger partial charge in [-0.2, -0.15) is 5.10 Å². The molecule has 1 aliphatic heterocycles. The van der Waals surface area contributed by atoms with E-state index in [1.807, 2.05) is 36.4 Å². The van der Waals surface area contributed by atoms with Crippen molar-refractivity contribution in [2.24, 2.45) is 0 Å². The largest absolute Gasteiger partial charge is 0.379 e. The summed E-state index contributed by atoms with van der Waals surface area (Å²) in [6.45, 7) is 6.27. The van der Waals surface area contributed by atoms with Crippen molar-refractivity contribution in [3.63, 3.8) is 0 Å². The Labute approximate surface area is 186 Å². The molecule has 2 aromatic heterocycles. The third-order valence-corrected chi connectivity index (χ3v) is 5.69. The maximum atomic E-state index is 13.1. The molecule has 1 saturated heterocycles. The molecule has 1 fully saturated rings. The molecule has 7 nitrogen and oxygen atoms in total. The highest BCUT2D eigenvalue weighted by atomic mass is 16.5. The first-order valence-corrected chi connectivity index (χ1v) is 10.8. The molecular formula is C25H25N5O2. The number of hydrogen-bond acceptors (Lipinski definition) is 5. The quantitative estimate of drug-likeness (QED) is 0.525. The number of benzene rings is 2. The van der Waals surface area contributed by atoms with E-state index >= 15 is 0 Å². The smallest absolute Gasteiger partial charge is 0.261 e. The van der Waals surface area contributed by atoms with Crippen LogP contribution >= 0.6 is 0 Å². The van der Waals surface area contributed by atoms with E-state index in [0.717, 1.165) is 55.4 Å². The molecule has 0 saturated carbocycles. The summed E-state index contributed by atoms with van der Waals surface area (Å²) in [6.07, 6.45) is 3.29. The van der Waals surface area contributed by atoms with Crippen molar-refractivity contribution in [1.29, 1.82) is 0 Å². The Morgan fingerprint density at radius 2 is 1.91 bits per heavy atom. The maximum Gasteiger partial charge on any atom is 0.261 e. The SMILES string of the molecule is Cc1ccc(-c2ccnc3c(C(=O)Nc4cccc(CN5CCOCC5)c4)cnn23)cc1.